The molecule has 2 heterocycles. The molecule has 4 aliphatic carbocycles. The van der Waals surface area contributed by atoms with Crippen LogP contribution in [0, 0.1) is 29.1 Å². The van der Waals surface area contributed by atoms with Gasteiger partial charge in [-0.2, -0.15) is 0 Å². The third kappa shape index (κ3) is 2.92. The molecule has 1 aromatic rings. The number of carbonyl (C=O) groups excluding carboxylic acids is 5. The zero-order valence-corrected chi connectivity index (χ0v) is 21.4. The second kappa shape index (κ2) is 8.36. The van der Waals surface area contributed by atoms with Crippen molar-refractivity contribution in [2.75, 3.05) is 13.1 Å². The number of allylic oxidation sites excluding steroid dienone is 1. The number of benzene rings is 1. The molecule has 1 N–H and O–H groups in total. The maximum absolute atomic E-state index is 14.0. The van der Waals surface area contributed by atoms with Crippen molar-refractivity contribution in [2.45, 2.75) is 57.9 Å². The fourth-order valence-corrected chi connectivity index (χ4v) is 8.38. The normalized spacial score (nSPS) is 36.5. The number of hydrogen-bond acceptors (Lipinski definition) is 5. The van der Waals surface area contributed by atoms with Gasteiger partial charge in [0.1, 0.15) is 0 Å². The first kappa shape index (κ1) is 24.1. The lowest BCUT2D eigenvalue weighted by atomic mass is 9.40. The Morgan fingerprint density at radius 1 is 0.811 bits per heavy atom. The molecule has 2 saturated carbocycles. The third-order valence-electron chi connectivity index (χ3n) is 9.73. The molecule has 7 rings (SSSR count). The van der Waals surface area contributed by atoms with Crippen LogP contribution >= 0.6 is 0 Å². The van der Waals surface area contributed by atoms with Gasteiger partial charge in [-0.15, -0.1) is 0 Å². The van der Waals surface area contributed by atoms with E-state index in [0.29, 0.717) is 18.4 Å². The highest BCUT2D eigenvalue weighted by Gasteiger charge is 2.80. The Labute approximate surface area is 216 Å². The summed E-state index contributed by atoms with van der Waals surface area (Å²) in [7, 11) is 0. The zero-order valence-electron chi connectivity index (χ0n) is 21.4. The molecule has 2 saturated heterocycles. The van der Waals surface area contributed by atoms with Crippen molar-refractivity contribution in [1.29, 1.82) is 0 Å². The molecule has 8 nitrogen and oxygen atoms in total. The summed E-state index contributed by atoms with van der Waals surface area (Å²) in [5.41, 5.74) is -0.938. The summed E-state index contributed by atoms with van der Waals surface area (Å²) in [6, 6.07) is 8.68. The molecule has 1 aromatic carbocycles. The fraction of sp³-hybridized carbons (Fsp3) is 0.552. The molecule has 37 heavy (non-hydrogen) atoms. The van der Waals surface area contributed by atoms with Crippen LogP contribution in [0.5, 0.6) is 0 Å². The Balaban J connectivity index is 1.63. The fourth-order valence-electron chi connectivity index (χ4n) is 8.38. The van der Waals surface area contributed by atoms with Crippen molar-refractivity contribution >= 4 is 29.5 Å². The number of imide groups is 2. The molecule has 0 aromatic heterocycles. The predicted octanol–water partition coefficient (Wildman–Crippen LogP) is 2.69. The number of rotatable bonds is 4. The monoisotopic (exact) mass is 503 g/mol. The van der Waals surface area contributed by atoms with Gasteiger partial charge in [-0.1, -0.05) is 49.1 Å². The molecule has 6 aliphatic rings. The van der Waals surface area contributed by atoms with E-state index in [4.69, 9.17) is 0 Å². The largest absolute Gasteiger partial charge is 0.341 e. The summed E-state index contributed by atoms with van der Waals surface area (Å²) in [4.78, 5) is 72.2. The molecular weight excluding hydrogens is 470 g/mol. The van der Waals surface area contributed by atoms with Crippen molar-refractivity contribution in [2.24, 2.45) is 29.1 Å². The number of hydrogen-bond donors (Lipinski definition) is 1. The van der Waals surface area contributed by atoms with E-state index in [0.717, 1.165) is 31.3 Å². The molecule has 4 fully saturated rings. The molecule has 0 unspecified atom stereocenters. The summed E-state index contributed by atoms with van der Waals surface area (Å²) in [6.45, 7) is 3.98. The average Bonchev–Trinajstić information content (AvgIpc) is 3.31. The Bertz CT molecular complexity index is 1190. The van der Waals surface area contributed by atoms with Gasteiger partial charge < -0.3 is 5.32 Å². The minimum atomic E-state index is -1.44. The van der Waals surface area contributed by atoms with Crippen molar-refractivity contribution in [3.63, 3.8) is 0 Å². The lowest BCUT2D eigenvalue weighted by Crippen LogP contribution is -2.73. The quantitative estimate of drug-likeness (QED) is 0.503. The van der Waals surface area contributed by atoms with Crippen LogP contribution in [-0.2, 0) is 19.2 Å². The average molecular weight is 504 g/mol. The predicted molar refractivity (Wildman–Crippen MR) is 134 cm³/mol. The van der Waals surface area contributed by atoms with Gasteiger partial charge in [-0.3, -0.25) is 33.8 Å². The first-order chi connectivity index (χ1) is 17.8. The molecule has 8 heteroatoms. The van der Waals surface area contributed by atoms with Crippen LogP contribution in [-0.4, -0.2) is 58.0 Å². The number of carbonyl (C=O) groups is 5. The van der Waals surface area contributed by atoms with Gasteiger partial charge in [0.05, 0.1) is 29.2 Å². The highest BCUT2D eigenvalue weighted by Crippen LogP contribution is 2.70. The van der Waals surface area contributed by atoms with Crippen LogP contribution in [0.4, 0.5) is 0 Å². The summed E-state index contributed by atoms with van der Waals surface area (Å²) >= 11 is 0. The molecule has 0 radical (unpaired) electrons. The smallest absolute Gasteiger partial charge is 0.252 e. The van der Waals surface area contributed by atoms with Crippen molar-refractivity contribution < 1.29 is 24.0 Å². The topological polar surface area (TPSA) is 104 Å². The zero-order chi connectivity index (χ0) is 26.1. The van der Waals surface area contributed by atoms with Crippen LogP contribution in [0.3, 0.4) is 0 Å². The van der Waals surface area contributed by atoms with Crippen LogP contribution in [0.15, 0.2) is 42.0 Å². The van der Waals surface area contributed by atoms with E-state index < -0.39 is 40.5 Å². The van der Waals surface area contributed by atoms with Gasteiger partial charge in [0.25, 0.3) is 5.91 Å². The second-order valence-corrected chi connectivity index (χ2v) is 11.1. The maximum Gasteiger partial charge on any atom is 0.252 e. The van der Waals surface area contributed by atoms with E-state index in [1.165, 1.54) is 9.80 Å². The SMILES string of the molecule is CCN1C(=O)[C@@H]2[C@H](C1=O)C13CCCCCCC1=CC2(NC(=O)c1ccccc1)[C@@H]1C(=O)N(CC)C(=O)[C@@H]13. The molecular formula is C29H33N3O5. The van der Waals surface area contributed by atoms with E-state index in [9.17, 15) is 24.0 Å². The van der Waals surface area contributed by atoms with Crippen LogP contribution in [0.1, 0.15) is 62.7 Å². The first-order valence-corrected chi connectivity index (χ1v) is 13.6. The van der Waals surface area contributed by atoms with Crippen LogP contribution in [0.2, 0.25) is 0 Å². The van der Waals surface area contributed by atoms with Gasteiger partial charge >= 0.3 is 0 Å². The molecule has 4 atom stereocenters. The van der Waals surface area contributed by atoms with Gasteiger partial charge in [0.15, 0.2) is 0 Å². The first-order valence-electron chi connectivity index (χ1n) is 13.6. The van der Waals surface area contributed by atoms with Gasteiger partial charge in [0, 0.05) is 24.1 Å². The summed E-state index contributed by atoms with van der Waals surface area (Å²) in [5, 5.41) is 3.12. The van der Waals surface area contributed by atoms with Crippen LogP contribution < -0.4 is 5.32 Å². The number of likely N-dealkylation sites (tertiary alicyclic amines) is 2. The van der Waals surface area contributed by atoms with Gasteiger partial charge in [-0.25, -0.2) is 0 Å². The number of nitrogens with zero attached hydrogens (tertiary/aromatic N) is 2. The summed E-state index contributed by atoms with van der Waals surface area (Å²) < 4.78 is 0. The molecule has 2 aliphatic heterocycles. The van der Waals surface area contributed by atoms with Crippen molar-refractivity contribution in [1.82, 2.24) is 15.1 Å². The molecule has 194 valence electrons. The van der Waals surface area contributed by atoms with E-state index in [1.54, 1.807) is 38.1 Å². The van der Waals surface area contributed by atoms with E-state index in [2.05, 4.69) is 5.32 Å². The van der Waals surface area contributed by atoms with Crippen molar-refractivity contribution in [3.8, 4) is 0 Å². The lowest BCUT2D eigenvalue weighted by Gasteiger charge is -2.62. The molecule has 2 bridgehead atoms. The Kier molecular flexibility index (Phi) is 5.44. The highest BCUT2D eigenvalue weighted by molar-refractivity contribution is 6.13. The van der Waals surface area contributed by atoms with Crippen molar-refractivity contribution in [3.05, 3.63) is 47.5 Å². The van der Waals surface area contributed by atoms with E-state index in [1.807, 2.05) is 12.1 Å². The Morgan fingerprint density at radius 3 is 1.92 bits per heavy atom. The lowest BCUT2D eigenvalue weighted by molar-refractivity contribution is -0.154. The molecule has 5 amide bonds. The summed E-state index contributed by atoms with van der Waals surface area (Å²) in [6.07, 6.45) is 7.00. The minimum absolute atomic E-state index is 0.219. The van der Waals surface area contributed by atoms with Gasteiger partial charge in [-0.05, 0) is 45.2 Å². The highest BCUT2D eigenvalue weighted by atomic mass is 16.2. The standard InChI is InChI=1S/C29H33N3O5/c1-3-31-24(34)19-21(26(31)36)29(30-23(33)17-12-8-7-9-13-17)16-18-14-10-5-6-11-15-28(18,19)20-22(29)27(37)32(4-2)25(20)35/h7-9,12-13,16,19-22H,3-6,10-11,14-15H2,1-2H3,(H,30,33)/t19-,20-,21+,22+,28?,29?/m1/s1. The third-order valence-corrected chi connectivity index (χ3v) is 9.73. The van der Waals surface area contributed by atoms with Crippen LogP contribution in [0.25, 0.3) is 0 Å². The minimum Gasteiger partial charge on any atom is -0.341 e. The van der Waals surface area contributed by atoms with Gasteiger partial charge in [0.2, 0.25) is 23.6 Å². The second-order valence-electron chi connectivity index (χ2n) is 11.1. The van der Waals surface area contributed by atoms with E-state index in [-0.39, 0.29) is 36.7 Å². The maximum atomic E-state index is 14.0. The Hall–Kier alpha value is -3.29. The van der Waals surface area contributed by atoms with E-state index >= 15 is 0 Å². The Morgan fingerprint density at radius 2 is 1.35 bits per heavy atom. The number of nitrogens with one attached hydrogen (secondary N) is 1. The number of amides is 5. The molecule has 1 spiro atoms. The summed E-state index contributed by atoms with van der Waals surface area (Å²) in [5.74, 6) is -5.00.